The third kappa shape index (κ3) is 4.04. The van der Waals surface area contributed by atoms with Gasteiger partial charge in [0.05, 0.1) is 21.3 Å². The highest BCUT2D eigenvalue weighted by Gasteiger charge is 2.17. The molecule has 1 amide bonds. The topological polar surface area (TPSA) is 92.7 Å². The van der Waals surface area contributed by atoms with Crippen molar-refractivity contribution in [2.75, 3.05) is 5.32 Å². The third-order valence-corrected chi connectivity index (χ3v) is 3.47. The molecule has 0 aliphatic carbocycles. The van der Waals surface area contributed by atoms with Crippen molar-refractivity contribution >= 4 is 46.7 Å². The highest BCUT2D eigenvalue weighted by Crippen LogP contribution is 2.34. The number of aromatic carboxylic acids is 1. The van der Waals surface area contributed by atoms with E-state index in [1.54, 1.807) is 12.1 Å². The number of carboxylic acid groups (broad SMARTS) is 1. The van der Waals surface area contributed by atoms with Crippen LogP contribution in [0, 0.1) is 0 Å². The van der Waals surface area contributed by atoms with Crippen LogP contribution in [0.5, 0.6) is 5.75 Å². The zero-order chi connectivity index (χ0) is 17.9. The van der Waals surface area contributed by atoms with Gasteiger partial charge in [0.2, 0.25) is 0 Å². The molecule has 0 saturated heterocycles. The predicted octanol–water partition coefficient (Wildman–Crippen LogP) is 3.87. The Kier molecular flexibility index (Phi) is 5.43. The Hall–Kier alpha value is -2.57. The average Bonchev–Trinajstić information content (AvgIpc) is 2.50. The van der Waals surface area contributed by atoms with Crippen LogP contribution in [0.15, 0.2) is 36.4 Å². The van der Waals surface area contributed by atoms with E-state index in [2.05, 4.69) is 5.32 Å². The molecule has 0 atom stereocenters. The molecule has 2 aromatic carbocycles. The van der Waals surface area contributed by atoms with Crippen LogP contribution < -0.4 is 10.1 Å². The zero-order valence-electron chi connectivity index (χ0n) is 12.3. The lowest BCUT2D eigenvalue weighted by molar-refractivity contribution is -0.131. The van der Waals surface area contributed by atoms with E-state index in [-0.39, 0.29) is 32.6 Å². The second kappa shape index (κ2) is 7.33. The summed E-state index contributed by atoms with van der Waals surface area (Å²) in [6.07, 6.45) is 0. The summed E-state index contributed by atoms with van der Waals surface area (Å²) in [5, 5.41) is 11.6. The summed E-state index contributed by atoms with van der Waals surface area (Å²) in [4.78, 5) is 34.5. The number of carboxylic acids is 1. The monoisotopic (exact) mass is 367 g/mol. The molecule has 124 valence electrons. The molecule has 0 unspecified atom stereocenters. The number of rotatable bonds is 4. The lowest BCUT2D eigenvalue weighted by Gasteiger charge is -2.11. The van der Waals surface area contributed by atoms with Crippen molar-refractivity contribution in [2.45, 2.75) is 6.92 Å². The van der Waals surface area contributed by atoms with Gasteiger partial charge in [0, 0.05) is 12.5 Å². The van der Waals surface area contributed by atoms with Crippen LogP contribution in [-0.2, 0) is 4.79 Å². The first-order valence-corrected chi connectivity index (χ1v) is 7.36. The number of esters is 1. The highest BCUT2D eigenvalue weighted by molar-refractivity contribution is 6.38. The van der Waals surface area contributed by atoms with Gasteiger partial charge in [0.25, 0.3) is 5.91 Å². The molecule has 0 heterocycles. The van der Waals surface area contributed by atoms with Crippen LogP contribution in [-0.4, -0.2) is 23.0 Å². The number of benzene rings is 2. The minimum atomic E-state index is -1.17. The SMILES string of the molecule is CC(=O)Oc1c(Cl)cc(C(=O)Nc2ccccc2C(=O)O)cc1Cl. The number of carbonyl (C=O) groups is 3. The Morgan fingerprint density at radius 3 is 2.21 bits per heavy atom. The summed E-state index contributed by atoms with van der Waals surface area (Å²) in [6.45, 7) is 1.19. The molecule has 0 aliphatic rings. The lowest BCUT2D eigenvalue weighted by atomic mass is 10.1. The van der Waals surface area contributed by atoms with E-state index in [1.165, 1.54) is 31.2 Å². The fourth-order valence-electron chi connectivity index (χ4n) is 1.91. The van der Waals surface area contributed by atoms with Crippen LogP contribution in [0.1, 0.15) is 27.6 Å². The fraction of sp³-hybridized carbons (Fsp3) is 0.0625. The van der Waals surface area contributed by atoms with E-state index in [9.17, 15) is 14.4 Å². The molecule has 0 bridgehead atoms. The molecule has 0 aliphatic heterocycles. The Bertz CT molecular complexity index is 812. The number of carbonyl (C=O) groups excluding carboxylic acids is 2. The quantitative estimate of drug-likeness (QED) is 0.631. The summed E-state index contributed by atoms with van der Waals surface area (Å²) in [7, 11) is 0. The van der Waals surface area contributed by atoms with E-state index in [0.717, 1.165) is 0 Å². The average molecular weight is 368 g/mol. The normalized spacial score (nSPS) is 10.1. The number of anilines is 1. The molecule has 2 aromatic rings. The van der Waals surface area contributed by atoms with E-state index >= 15 is 0 Å². The Morgan fingerprint density at radius 1 is 1.08 bits per heavy atom. The van der Waals surface area contributed by atoms with Crippen molar-refractivity contribution in [3.63, 3.8) is 0 Å². The molecule has 0 fully saturated rings. The largest absolute Gasteiger partial charge is 0.478 e. The van der Waals surface area contributed by atoms with Crippen LogP contribution in [0.25, 0.3) is 0 Å². The van der Waals surface area contributed by atoms with Crippen molar-refractivity contribution in [3.05, 3.63) is 57.6 Å². The number of hydrogen-bond donors (Lipinski definition) is 2. The van der Waals surface area contributed by atoms with Crippen molar-refractivity contribution in [1.82, 2.24) is 0 Å². The Balaban J connectivity index is 2.31. The Morgan fingerprint density at radius 2 is 1.67 bits per heavy atom. The van der Waals surface area contributed by atoms with E-state index in [4.69, 9.17) is 33.0 Å². The summed E-state index contributed by atoms with van der Waals surface area (Å²) >= 11 is 11.9. The van der Waals surface area contributed by atoms with Crippen molar-refractivity contribution in [3.8, 4) is 5.75 Å². The van der Waals surface area contributed by atoms with Crippen molar-refractivity contribution in [1.29, 1.82) is 0 Å². The standard InChI is InChI=1S/C16H11Cl2NO5/c1-8(20)24-14-11(17)6-9(7-12(14)18)15(21)19-13-5-3-2-4-10(13)16(22)23/h2-7H,1H3,(H,19,21)(H,22,23). The first-order chi connectivity index (χ1) is 11.3. The van der Waals surface area contributed by atoms with E-state index < -0.39 is 17.8 Å². The Labute approximate surface area is 146 Å². The number of amides is 1. The maximum Gasteiger partial charge on any atom is 0.337 e. The van der Waals surface area contributed by atoms with E-state index in [0.29, 0.717) is 0 Å². The summed E-state index contributed by atoms with van der Waals surface area (Å²) in [5.74, 6) is -2.44. The van der Waals surface area contributed by atoms with Gasteiger partial charge in [-0.05, 0) is 24.3 Å². The zero-order valence-corrected chi connectivity index (χ0v) is 13.8. The number of nitrogens with one attached hydrogen (secondary N) is 1. The predicted molar refractivity (Wildman–Crippen MR) is 89.1 cm³/mol. The van der Waals surface area contributed by atoms with E-state index in [1.807, 2.05) is 0 Å². The summed E-state index contributed by atoms with van der Waals surface area (Å²) in [6, 6.07) is 8.49. The van der Waals surface area contributed by atoms with Crippen LogP contribution in [0.4, 0.5) is 5.69 Å². The van der Waals surface area contributed by atoms with Crippen LogP contribution >= 0.6 is 23.2 Å². The van der Waals surface area contributed by atoms with Gasteiger partial charge >= 0.3 is 11.9 Å². The molecule has 2 rings (SSSR count). The molecule has 2 N–H and O–H groups in total. The molecular weight excluding hydrogens is 357 g/mol. The smallest absolute Gasteiger partial charge is 0.337 e. The molecule has 0 aromatic heterocycles. The van der Waals surface area contributed by atoms with Gasteiger partial charge < -0.3 is 15.2 Å². The van der Waals surface area contributed by atoms with Gasteiger partial charge in [0.15, 0.2) is 5.75 Å². The summed E-state index contributed by atoms with van der Waals surface area (Å²) < 4.78 is 4.87. The first-order valence-electron chi connectivity index (χ1n) is 6.60. The van der Waals surface area contributed by atoms with Gasteiger partial charge in [-0.2, -0.15) is 0 Å². The minimum Gasteiger partial charge on any atom is -0.478 e. The molecule has 8 heteroatoms. The third-order valence-electron chi connectivity index (χ3n) is 2.91. The molecule has 0 saturated carbocycles. The fourth-order valence-corrected chi connectivity index (χ4v) is 2.47. The molecule has 0 spiro atoms. The molecule has 0 radical (unpaired) electrons. The summed E-state index contributed by atoms with van der Waals surface area (Å²) in [5.41, 5.74) is 0.159. The number of hydrogen-bond acceptors (Lipinski definition) is 4. The second-order valence-electron chi connectivity index (χ2n) is 4.67. The number of ether oxygens (including phenoxy) is 1. The number of halogens is 2. The van der Waals surface area contributed by atoms with Crippen molar-refractivity contribution in [2.24, 2.45) is 0 Å². The second-order valence-corrected chi connectivity index (χ2v) is 5.48. The first kappa shape index (κ1) is 17.8. The molecule has 24 heavy (non-hydrogen) atoms. The van der Waals surface area contributed by atoms with Crippen LogP contribution in [0.2, 0.25) is 10.0 Å². The van der Waals surface area contributed by atoms with Gasteiger partial charge in [-0.15, -0.1) is 0 Å². The van der Waals surface area contributed by atoms with Gasteiger partial charge in [-0.25, -0.2) is 4.79 Å². The van der Waals surface area contributed by atoms with Crippen LogP contribution in [0.3, 0.4) is 0 Å². The lowest BCUT2D eigenvalue weighted by Crippen LogP contribution is -2.15. The highest BCUT2D eigenvalue weighted by atomic mass is 35.5. The van der Waals surface area contributed by atoms with Gasteiger partial charge in [-0.1, -0.05) is 35.3 Å². The van der Waals surface area contributed by atoms with Gasteiger partial charge in [-0.3, -0.25) is 9.59 Å². The van der Waals surface area contributed by atoms with Crippen molar-refractivity contribution < 1.29 is 24.2 Å². The maximum absolute atomic E-state index is 12.3. The maximum atomic E-state index is 12.3. The molecular formula is C16H11Cl2NO5. The number of para-hydroxylation sites is 1. The molecule has 6 nitrogen and oxygen atoms in total. The minimum absolute atomic E-state index is 0.0191. The van der Waals surface area contributed by atoms with Gasteiger partial charge in [0.1, 0.15) is 0 Å².